The van der Waals surface area contributed by atoms with E-state index in [-0.39, 0.29) is 17.5 Å². The molecule has 22 heteroatoms. The van der Waals surface area contributed by atoms with E-state index in [0.29, 0.717) is 70.5 Å². The number of ether oxygens (including phenoxy) is 5. The molecule has 48 heavy (non-hydrogen) atoms. The lowest BCUT2D eigenvalue weighted by Gasteiger charge is -2.35. The average Bonchev–Trinajstić information content (AvgIpc) is 3.57. The van der Waals surface area contributed by atoms with Gasteiger partial charge in [-0.2, -0.15) is 15.1 Å². The second-order valence-corrected chi connectivity index (χ2v) is 15.2. The lowest BCUT2D eigenvalue weighted by Crippen LogP contribution is -2.47. The molecule has 2 saturated heterocycles. The van der Waals surface area contributed by atoms with Crippen LogP contribution in [0.1, 0.15) is 6.23 Å². The van der Waals surface area contributed by atoms with Gasteiger partial charge in [-0.25, -0.2) is 4.68 Å². The molecular formula is C26H41ClN6O13P2. The number of halogens is 1. The molecule has 0 saturated carbocycles. The number of aliphatic hydroxyl groups excluding tert-OH is 2. The van der Waals surface area contributed by atoms with Crippen molar-refractivity contribution in [3.8, 4) is 12.3 Å². The number of anilines is 1. The molecule has 0 amide bonds. The maximum absolute atomic E-state index is 12.0. The summed E-state index contributed by atoms with van der Waals surface area (Å²) in [5.74, 6) is 1.51. The van der Waals surface area contributed by atoms with E-state index in [4.69, 9.17) is 56.0 Å². The van der Waals surface area contributed by atoms with E-state index in [1.807, 2.05) is 4.90 Å². The Bertz CT molecular complexity index is 1450. The van der Waals surface area contributed by atoms with Crippen molar-refractivity contribution in [3.05, 3.63) is 11.5 Å². The van der Waals surface area contributed by atoms with Crippen molar-refractivity contribution in [2.24, 2.45) is 0 Å². The third-order valence-electron chi connectivity index (χ3n) is 7.31. The van der Waals surface area contributed by atoms with Gasteiger partial charge in [-0.15, -0.1) is 6.42 Å². The normalized spacial score (nSPS) is 23.5. The van der Waals surface area contributed by atoms with Gasteiger partial charge >= 0.3 is 15.2 Å². The first-order valence-electron chi connectivity index (χ1n) is 15.0. The van der Waals surface area contributed by atoms with Gasteiger partial charge in [0.15, 0.2) is 17.8 Å². The number of nitrogens with zero attached hydrogens (tertiary/aromatic N) is 6. The highest BCUT2D eigenvalue weighted by atomic mass is 35.5. The van der Waals surface area contributed by atoms with E-state index >= 15 is 0 Å². The number of piperazine rings is 1. The van der Waals surface area contributed by atoms with Crippen LogP contribution in [0.15, 0.2) is 6.20 Å². The summed E-state index contributed by atoms with van der Waals surface area (Å²) in [6.07, 6.45) is 0.837. The number of fused-ring (bicyclic) bond motifs is 1. The van der Waals surface area contributed by atoms with Crippen LogP contribution >= 0.6 is 26.8 Å². The zero-order valence-corrected chi connectivity index (χ0v) is 28.6. The smallest absolute Gasteiger partial charge is 0.340 e. The molecule has 19 nitrogen and oxygen atoms in total. The highest BCUT2D eigenvalue weighted by Gasteiger charge is 2.46. The van der Waals surface area contributed by atoms with Gasteiger partial charge in [0, 0.05) is 32.7 Å². The Morgan fingerprint density at radius 2 is 1.56 bits per heavy atom. The van der Waals surface area contributed by atoms with Crippen LogP contribution in [-0.4, -0.2) is 166 Å². The van der Waals surface area contributed by atoms with Crippen molar-refractivity contribution in [1.82, 2.24) is 24.6 Å². The zero-order valence-electron chi connectivity index (χ0n) is 26.0. The summed E-state index contributed by atoms with van der Waals surface area (Å²) in [5, 5.41) is 26.0. The minimum absolute atomic E-state index is 0.0792. The van der Waals surface area contributed by atoms with E-state index in [0.717, 1.165) is 19.6 Å². The summed E-state index contributed by atoms with van der Waals surface area (Å²) in [6.45, 7) is 6.30. The monoisotopic (exact) mass is 742 g/mol. The van der Waals surface area contributed by atoms with Gasteiger partial charge in [0.05, 0.1) is 64.4 Å². The van der Waals surface area contributed by atoms with Gasteiger partial charge in [-0.1, -0.05) is 5.92 Å². The summed E-state index contributed by atoms with van der Waals surface area (Å²) in [5.41, 5.74) is 0.218. The molecule has 270 valence electrons. The third kappa shape index (κ3) is 11.6. The fourth-order valence-corrected chi connectivity index (χ4v) is 7.74. The molecule has 0 aliphatic carbocycles. The molecular weight excluding hydrogens is 702 g/mol. The number of aliphatic hydroxyl groups is 2. The predicted molar refractivity (Wildman–Crippen MR) is 170 cm³/mol. The zero-order chi connectivity index (χ0) is 34.7. The third-order valence-corrected chi connectivity index (χ3v) is 10.9. The summed E-state index contributed by atoms with van der Waals surface area (Å²) in [4.78, 5) is 40.7. The summed E-state index contributed by atoms with van der Waals surface area (Å²) in [7, 11) is -9.57. The Hall–Kier alpha value is -1.82. The second-order valence-electron chi connectivity index (χ2n) is 10.9. The molecule has 4 heterocycles. The Balaban J connectivity index is 1.22. The van der Waals surface area contributed by atoms with Crippen LogP contribution < -0.4 is 4.90 Å². The maximum atomic E-state index is 12.0. The Morgan fingerprint density at radius 3 is 2.19 bits per heavy atom. The first-order valence-corrected chi connectivity index (χ1v) is 19.0. The highest BCUT2D eigenvalue weighted by Crippen LogP contribution is 2.55. The molecule has 5 N–H and O–H groups in total. The summed E-state index contributed by atoms with van der Waals surface area (Å²) < 4.78 is 56.5. The minimum atomic E-state index is -4.85. The van der Waals surface area contributed by atoms with Crippen molar-refractivity contribution >= 4 is 43.6 Å². The lowest BCUT2D eigenvalue weighted by molar-refractivity contribution is -0.0541. The van der Waals surface area contributed by atoms with Crippen molar-refractivity contribution in [2.75, 3.05) is 103 Å². The van der Waals surface area contributed by atoms with Gasteiger partial charge < -0.3 is 58.0 Å². The molecule has 2 fully saturated rings. The van der Waals surface area contributed by atoms with Crippen LogP contribution in [0.4, 0.5) is 5.82 Å². The van der Waals surface area contributed by atoms with Crippen LogP contribution in [-0.2, 0) is 37.3 Å². The van der Waals surface area contributed by atoms with Gasteiger partial charge in [-0.3, -0.25) is 14.0 Å². The Labute approximate surface area is 281 Å². The van der Waals surface area contributed by atoms with Gasteiger partial charge in [0.1, 0.15) is 30.7 Å². The van der Waals surface area contributed by atoms with E-state index < -0.39 is 52.2 Å². The number of hydrogen-bond acceptors (Lipinski definition) is 15. The SMILES string of the molecule is C#CCOCCOCCOCCOCCN1CCN(c2nc(Cl)nc3c2cnn3[C@@H]2OC(COP(=O)(O)CP(=O)(O)O)[C@@H](O)[C@H]2O)CC1. The maximum Gasteiger partial charge on any atom is 0.340 e. The lowest BCUT2D eigenvalue weighted by atomic mass is 10.1. The van der Waals surface area contributed by atoms with Crippen molar-refractivity contribution in [1.29, 1.82) is 0 Å². The first-order chi connectivity index (χ1) is 22.9. The standard InChI is InChI=1S/C26H41ClN6O13P2/c1-2-8-41-10-12-43-14-15-44-13-11-42-9-7-31-3-5-32(6-4-31)23-19-16-28-33(24(19)30-26(27)29-23)25-22(35)21(34)20(46-25)17-45-48(39,40)18-47(36,37)38/h1,16,20-22,25,34-35H,3-15,17-18H2,(H,39,40)(H2,36,37,38)/t20?,21-,22-,25-/m1/s1. The molecule has 2 aliphatic heterocycles. The average molecular weight is 743 g/mol. The molecule has 2 aromatic heterocycles. The summed E-state index contributed by atoms with van der Waals surface area (Å²) in [6, 6.07) is 0. The van der Waals surface area contributed by atoms with Crippen molar-refractivity contribution in [3.63, 3.8) is 0 Å². The number of terminal acetylenes is 1. The Morgan fingerprint density at radius 1 is 0.938 bits per heavy atom. The van der Waals surface area contributed by atoms with Gasteiger partial charge in [0.25, 0.3) is 0 Å². The van der Waals surface area contributed by atoms with Crippen molar-refractivity contribution < 1.29 is 62.2 Å². The topological polar surface area (TPSA) is 241 Å². The number of aromatic nitrogens is 4. The molecule has 0 radical (unpaired) electrons. The molecule has 2 unspecified atom stereocenters. The van der Waals surface area contributed by atoms with Crippen LogP contribution in [0.5, 0.6) is 0 Å². The summed E-state index contributed by atoms with van der Waals surface area (Å²) >= 11 is 6.28. The molecule has 0 aromatic carbocycles. The van der Waals surface area contributed by atoms with Crippen LogP contribution in [0.3, 0.4) is 0 Å². The van der Waals surface area contributed by atoms with Crippen LogP contribution in [0.25, 0.3) is 11.0 Å². The molecule has 5 atom stereocenters. The molecule has 4 rings (SSSR count). The Kier molecular flexibility index (Phi) is 15.0. The first kappa shape index (κ1) is 39.0. The fourth-order valence-electron chi connectivity index (χ4n) is 5.01. The van der Waals surface area contributed by atoms with Gasteiger partial charge in [0.2, 0.25) is 5.28 Å². The van der Waals surface area contributed by atoms with E-state index in [1.54, 1.807) is 0 Å². The van der Waals surface area contributed by atoms with Crippen molar-refractivity contribution in [2.45, 2.75) is 24.5 Å². The molecule has 2 aliphatic rings. The number of hydrogen-bond donors (Lipinski definition) is 5. The molecule has 0 spiro atoms. The fraction of sp³-hybridized carbons (Fsp3) is 0.731. The van der Waals surface area contributed by atoms with E-state index in [9.17, 15) is 24.2 Å². The quantitative estimate of drug-likeness (QED) is 0.0486. The number of rotatable bonds is 20. The minimum Gasteiger partial charge on any atom is -0.387 e. The van der Waals surface area contributed by atoms with Crippen LogP contribution in [0, 0.1) is 12.3 Å². The largest absolute Gasteiger partial charge is 0.387 e. The second kappa shape index (κ2) is 18.4. The van der Waals surface area contributed by atoms with E-state index in [2.05, 4.69) is 25.9 Å². The molecule has 2 aromatic rings. The van der Waals surface area contributed by atoms with Crippen LogP contribution in [0.2, 0.25) is 5.28 Å². The molecule has 0 bridgehead atoms. The predicted octanol–water partition coefficient (Wildman–Crippen LogP) is -0.742. The van der Waals surface area contributed by atoms with Gasteiger partial charge in [-0.05, 0) is 11.6 Å². The van der Waals surface area contributed by atoms with E-state index in [1.165, 1.54) is 10.9 Å². The highest BCUT2D eigenvalue weighted by molar-refractivity contribution is 7.70.